The van der Waals surface area contributed by atoms with Gasteiger partial charge in [0.2, 0.25) is 0 Å². The van der Waals surface area contributed by atoms with Crippen molar-refractivity contribution in [2.24, 2.45) is 0 Å². The highest BCUT2D eigenvalue weighted by molar-refractivity contribution is 6.23. The van der Waals surface area contributed by atoms with Crippen LogP contribution >= 0.6 is 0 Å². The smallest absolute Gasteiger partial charge is 0.263 e. The second-order valence-electron chi connectivity index (χ2n) is 24.0. The van der Waals surface area contributed by atoms with Crippen LogP contribution in [-0.4, -0.2) is 53.7 Å². The molecule has 0 aliphatic heterocycles. The first kappa shape index (κ1) is 54.4. The fraction of sp³-hybridized carbons (Fsp3) is 0. The van der Waals surface area contributed by atoms with Crippen LogP contribution < -0.4 is 11.1 Å². The number of aromatic nitrogens is 11. The molecule has 13 heteroatoms. The second-order valence-corrected chi connectivity index (χ2v) is 24.0. The van der Waals surface area contributed by atoms with E-state index in [1.807, 2.05) is 233 Å². The molecule has 0 radical (unpaired) electrons. The molecule has 0 amide bonds. The van der Waals surface area contributed by atoms with Crippen LogP contribution in [0.4, 0.5) is 0 Å². The van der Waals surface area contributed by atoms with Gasteiger partial charge in [0.25, 0.3) is 11.1 Å². The molecule has 0 unspecified atom stereocenters. The molecule has 446 valence electrons. The minimum absolute atomic E-state index is 0.0839. The van der Waals surface area contributed by atoms with Gasteiger partial charge in [0.15, 0.2) is 52.4 Å². The highest BCUT2D eigenvalue weighted by Gasteiger charge is 2.25. The summed E-state index contributed by atoms with van der Waals surface area (Å²) in [6, 6.07) is 94.4. The van der Waals surface area contributed by atoms with Crippen molar-refractivity contribution in [2.45, 2.75) is 0 Å². The van der Waals surface area contributed by atoms with Crippen molar-refractivity contribution < 1.29 is 0 Å². The molecule has 96 heavy (non-hydrogen) atoms. The van der Waals surface area contributed by atoms with E-state index >= 15 is 0 Å². The van der Waals surface area contributed by atoms with Crippen LogP contribution in [0, 0.1) is 0 Å². The Morgan fingerprint density at radius 2 is 0.406 bits per heavy atom. The van der Waals surface area contributed by atoms with Gasteiger partial charge in [-0.2, -0.15) is 0 Å². The van der Waals surface area contributed by atoms with E-state index in [-0.39, 0.29) is 11.1 Å². The van der Waals surface area contributed by atoms with Crippen LogP contribution in [0.25, 0.3) is 190 Å². The Balaban J connectivity index is 0.757. The normalized spacial score (nSPS) is 11.8. The maximum atomic E-state index is 14.8. The monoisotopic (exact) mass is 1230 g/mol. The third kappa shape index (κ3) is 8.82. The van der Waals surface area contributed by atoms with E-state index in [1.165, 1.54) is 0 Å². The summed E-state index contributed by atoms with van der Waals surface area (Å²) in [5, 5.41) is 8.18. The average molecular weight is 1230 g/mol. The Morgan fingerprint density at radius 3 is 0.750 bits per heavy atom. The summed E-state index contributed by atoms with van der Waals surface area (Å²) in [6.07, 6.45) is 0. The number of nitrogens with zero attached hydrogens (tertiary/aromatic N) is 11. The molecular weight excluding hydrogens is 1180 g/mol. The van der Waals surface area contributed by atoms with Crippen molar-refractivity contribution >= 4 is 75.9 Å². The van der Waals surface area contributed by atoms with Gasteiger partial charge in [0.1, 0.15) is 0 Å². The van der Waals surface area contributed by atoms with Gasteiger partial charge in [-0.1, -0.05) is 218 Å². The SMILES string of the molecule is O=c1c2ccccc2c2cc(-c3nc(-c4ccccc4)nc(-c4ccccc4)n3)cc3c4cc(-c5ccc(-c6nc(-c7ccccc7)nc(-c7cc8c9ccccc9c(=O)n9c%10ccc(-c%11nc(-c%12ccccc%12)nc(-c%12ccccc%12)n%11)cc%10c(c7)c89)n6)cc5)ccc4n1c23. The number of rotatable bonds is 10. The van der Waals surface area contributed by atoms with Gasteiger partial charge in [0.05, 0.1) is 22.1 Å². The minimum atomic E-state index is -0.110. The van der Waals surface area contributed by atoms with Gasteiger partial charge in [-0.15, -0.1) is 0 Å². The molecule has 0 N–H and O–H groups in total. The fourth-order valence-electron chi connectivity index (χ4n) is 13.8. The first-order valence-corrected chi connectivity index (χ1v) is 31.6. The number of fused-ring (bicyclic) bond motifs is 10. The lowest BCUT2D eigenvalue weighted by molar-refractivity contribution is 1.07. The van der Waals surface area contributed by atoms with Crippen LogP contribution in [0.3, 0.4) is 0 Å². The van der Waals surface area contributed by atoms with Crippen molar-refractivity contribution in [1.29, 1.82) is 0 Å². The van der Waals surface area contributed by atoms with E-state index in [0.717, 1.165) is 126 Å². The Hall–Kier alpha value is -13.4. The highest BCUT2D eigenvalue weighted by Crippen LogP contribution is 2.43. The molecule has 13 nitrogen and oxygen atoms in total. The van der Waals surface area contributed by atoms with Gasteiger partial charge >= 0.3 is 0 Å². The lowest BCUT2D eigenvalue weighted by Gasteiger charge is -2.11. The van der Waals surface area contributed by atoms with Crippen molar-refractivity contribution in [3.8, 4) is 114 Å². The third-order valence-electron chi connectivity index (χ3n) is 18.3. The summed E-state index contributed by atoms with van der Waals surface area (Å²) in [5.41, 5.74) is 12.3. The molecule has 0 spiro atoms. The molecule has 0 aliphatic carbocycles. The number of benzene rings is 12. The summed E-state index contributed by atoms with van der Waals surface area (Å²) >= 11 is 0. The molecule has 0 aliphatic rings. The van der Waals surface area contributed by atoms with Gasteiger partial charge < -0.3 is 0 Å². The van der Waals surface area contributed by atoms with Crippen molar-refractivity contribution in [2.75, 3.05) is 0 Å². The Kier molecular flexibility index (Phi) is 12.2. The predicted molar refractivity (Wildman–Crippen MR) is 383 cm³/mol. The van der Waals surface area contributed by atoms with Gasteiger partial charge in [-0.05, 0) is 88.6 Å². The Labute approximate surface area is 546 Å². The number of pyridine rings is 2. The van der Waals surface area contributed by atoms with E-state index in [1.54, 1.807) is 0 Å². The van der Waals surface area contributed by atoms with Gasteiger partial charge in [0, 0.05) is 93.2 Å². The zero-order chi connectivity index (χ0) is 63.5. The van der Waals surface area contributed by atoms with Crippen molar-refractivity contribution in [3.63, 3.8) is 0 Å². The highest BCUT2D eigenvalue weighted by atomic mass is 16.1. The molecule has 0 saturated carbocycles. The lowest BCUT2D eigenvalue weighted by atomic mass is 9.99. The molecule has 0 bridgehead atoms. The fourth-order valence-corrected chi connectivity index (χ4v) is 13.8. The van der Waals surface area contributed by atoms with Crippen LogP contribution in [0.15, 0.2) is 295 Å². The standard InChI is InChI=1S/C83H47N11O2/c95-82-61-32-18-16-30-59(61)65-44-57(80-89-75(51-24-10-3-11-25-51)85-76(90-80)52-26-12-4-13-27-52)46-67-63-42-55(38-40-69(63)93(82)71(65)67)48-34-36-54(37-35-48)78-86-77(53-28-14-5-15-29-53)91-81(92-78)58-45-66-60-31-17-19-33-62(60)83(96)94-70-41-39-56(43-64(70)68(47-58)72(66)94)79-87-73(49-20-6-1-7-21-49)84-74(88-79)50-22-8-2-9-23-50/h1-47H. The molecule has 19 aromatic rings. The van der Waals surface area contributed by atoms with E-state index in [9.17, 15) is 9.59 Å². The van der Waals surface area contributed by atoms with Crippen molar-refractivity contribution in [1.82, 2.24) is 53.7 Å². The summed E-state index contributed by atoms with van der Waals surface area (Å²) in [5.74, 6) is 4.69. The first-order valence-electron chi connectivity index (χ1n) is 31.6. The Bertz CT molecular complexity index is 6360. The second kappa shape index (κ2) is 21.6. The van der Waals surface area contributed by atoms with Gasteiger partial charge in [-0.25, -0.2) is 44.9 Å². The summed E-state index contributed by atoms with van der Waals surface area (Å²) < 4.78 is 3.70. The summed E-state index contributed by atoms with van der Waals surface area (Å²) in [7, 11) is 0. The molecule has 7 aromatic heterocycles. The molecule has 0 saturated heterocycles. The van der Waals surface area contributed by atoms with Crippen LogP contribution in [-0.2, 0) is 0 Å². The lowest BCUT2D eigenvalue weighted by Crippen LogP contribution is -2.12. The number of hydrogen-bond donors (Lipinski definition) is 0. The molecule has 12 aromatic carbocycles. The van der Waals surface area contributed by atoms with E-state index < -0.39 is 0 Å². The average Bonchev–Trinajstić information content (AvgIpc) is 1.55. The first-order chi connectivity index (χ1) is 47.4. The van der Waals surface area contributed by atoms with E-state index in [0.29, 0.717) is 63.2 Å². The largest absolute Gasteiger partial charge is 0.275 e. The Morgan fingerprint density at radius 1 is 0.177 bits per heavy atom. The van der Waals surface area contributed by atoms with Crippen molar-refractivity contribution in [3.05, 3.63) is 306 Å². The molecular formula is C83H47N11O2. The van der Waals surface area contributed by atoms with Gasteiger partial charge in [-0.3, -0.25) is 18.4 Å². The van der Waals surface area contributed by atoms with E-state index in [2.05, 4.69) is 60.7 Å². The zero-order valence-electron chi connectivity index (χ0n) is 50.9. The topological polar surface area (TPSA) is 159 Å². The van der Waals surface area contributed by atoms with Crippen LogP contribution in [0.1, 0.15) is 0 Å². The number of hydrogen-bond acceptors (Lipinski definition) is 11. The molecule has 7 heterocycles. The maximum Gasteiger partial charge on any atom is 0.263 e. The summed E-state index contributed by atoms with van der Waals surface area (Å²) in [4.78, 5) is 75.8. The maximum absolute atomic E-state index is 14.8. The van der Waals surface area contributed by atoms with Crippen LogP contribution in [0.5, 0.6) is 0 Å². The molecule has 0 atom stereocenters. The predicted octanol–water partition coefficient (Wildman–Crippen LogP) is 17.9. The quantitative estimate of drug-likeness (QED) is 0.120. The minimum Gasteiger partial charge on any atom is -0.275 e. The molecule has 0 fully saturated rings. The third-order valence-corrected chi connectivity index (χ3v) is 18.3. The zero-order valence-corrected chi connectivity index (χ0v) is 50.9. The van der Waals surface area contributed by atoms with Crippen LogP contribution in [0.2, 0.25) is 0 Å². The summed E-state index contributed by atoms with van der Waals surface area (Å²) in [6.45, 7) is 0. The molecule has 19 rings (SSSR count). The van der Waals surface area contributed by atoms with E-state index in [4.69, 9.17) is 44.9 Å².